The average Bonchev–Trinajstić information content (AvgIpc) is 3.03. The quantitative estimate of drug-likeness (QED) is 0.794. The van der Waals surface area contributed by atoms with Gasteiger partial charge in [0, 0.05) is 12.6 Å². The van der Waals surface area contributed by atoms with Crippen LogP contribution in [0.2, 0.25) is 5.02 Å². The number of halogens is 1. The molecule has 0 amide bonds. The van der Waals surface area contributed by atoms with Gasteiger partial charge in [-0.05, 0) is 12.8 Å². The normalized spacial score (nSPS) is 15.0. The zero-order chi connectivity index (χ0) is 10.8. The highest BCUT2D eigenvalue weighted by Crippen LogP contribution is 2.35. The molecule has 15 heavy (non-hydrogen) atoms. The van der Waals surface area contributed by atoms with Crippen molar-refractivity contribution < 1.29 is 0 Å². The summed E-state index contributed by atoms with van der Waals surface area (Å²) in [7, 11) is 0. The third-order valence-corrected chi connectivity index (χ3v) is 2.75. The van der Waals surface area contributed by atoms with Crippen LogP contribution in [0.4, 0.5) is 11.6 Å². The van der Waals surface area contributed by atoms with Crippen molar-refractivity contribution in [1.82, 2.24) is 9.97 Å². The number of nitrogens with two attached hydrogens (primary N) is 1. The van der Waals surface area contributed by atoms with Gasteiger partial charge >= 0.3 is 0 Å². The fraction of sp³-hybridized carbons (Fsp3) is 0.400. The summed E-state index contributed by atoms with van der Waals surface area (Å²) in [6, 6.07) is 0.523. The van der Waals surface area contributed by atoms with Crippen LogP contribution in [0.3, 0.4) is 0 Å². The van der Waals surface area contributed by atoms with Gasteiger partial charge in [0.25, 0.3) is 0 Å². The van der Waals surface area contributed by atoms with E-state index in [0.717, 1.165) is 6.54 Å². The fourth-order valence-corrected chi connectivity index (χ4v) is 1.71. The Morgan fingerprint density at radius 2 is 2.33 bits per heavy atom. The van der Waals surface area contributed by atoms with Crippen molar-refractivity contribution in [2.45, 2.75) is 18.9 Å². The molecule has 80 valence electrons. The molecule has 5 heteroatoms. The van der Waals surface area contributed by atoms with Gasteiger partial charge in [-0.15, -0.1) is 6.58 Å². The summed E-state index contributed by atoms with van der Waals surface area (Å²) in [6.45, 7) is 4.47. The molecule has 1 saturated carbocycles. The highest BCUT2D eigenvalue weighted by molar-refractivity contribution is 6.35. The van der Waals surface area contributed by atoms with Crippen molar-refractivity contribution >= 4 is 23.2 Å². The van der Waals surface area contributed by atoms with E-state index in [1.54, 1.807) is 0 Å². The molecule has 1 aromatic heterocycles. The van der Waals surface area contributed by atoms with E-state index < -0.39 is 0 Å². The summed E-state index contributed by atoms with van der Waals surface area (Å²) in [5, 5.41) is 0.436. The highest BCUT2D eigenvalue weighted by atomic mass is 35.5. The molecule has 1 fully saturated rings. The van der Waals surface area contributed by atoms with Crippen LogP contribution in [0.5, 0.6) is 0 Å². The second-order valence-corrected chi connectivity index (χ2v) is 3.95. The van der Waals surface area contributed by atoms with Crippen molar-refractivity contribution in [3.63, 3.8) is 0 Å². The number of nitrogens with zero attached hydrogens (tertiary/aromatic N) is 3. The predicted molar refractivity (Wildman–Crippen MR) is 62.0 cm³/mol. The van der Waals surface area contributed by atoms with E-state index in [4.69, 9.17) is 17.3 Å². The van der Waals surface area contributed by atoms with Gasteiger partial charge in [-0.2, -0.15) is 0 Å². The molecule has 2 N–H and O–H groups in total. The molecule has 0 spiro atoms. The number of anilines is 2. The van der Waals surface area contributed by atoms with Gasteiger partial charge in [0.1, 0.15) is 17.2 Å². The first-order valence-corrected chi connectivity index (χ1v) is 5.25. The third kappa shape index (κ3) is 2.04. The smallest absolute Gasteiger partial charge is 0.153 e. The Balaban J connectivity index is 2.32. The molecule has 0 bridgehead atoms. The van der Waals surface area contributed by atoms with E-state index >= 15 is 0 Å². The second-order valence-electron chi connectivity index (χ2n) is 3.57. The lowest BCUT2D eigenvalue weighted by molar-refractivity contribution is 0.837. The minimum atomic E-state index is 0.330. The zero-order valence-electron chi connectivity index (χ0n) is 8.36. The molecule has 1 aliphatic rings. The summed E-state index contributed by atoms with van der Waals surface area (Å²) in [5.74, 6) is 1.04. The average molecular weight is 225 g/mol. The van der Waals surface area contributed by atoms with E-state index in [2.05, 4.69) is 21.4 Å². The molecule has 0 atom stereocenters. The van der Waals surface area contributed by atoms with Gasteiger partial charge in [0.15, 0.2) is 5.82 Å². The molecular weight excluding hydrogens is 212 g/mol. The fourth-order valence-electron chi connectivity index (χ4n) is 1.51. The Labute approximate surface area is 93.8 Å². The van der Waals surface area contributed by atoms with Crippen molar-refractivity contribution in [3.8, 4) is 0 Å². The molecule has 4 nitrogen and oxygen atoms in total. The maximum atomic E-state index is 6.07. The molecule has 1 aliphatic carbocycles. The standard InChI is InChI=1S/C10H13ClN4/c1-2-5-15(7-3-4-7)10-8(11)9(12)13-6-14-10/h2,6-7H,1,3-5H2,(H2,12,13,14). The van der Waals surface area contributed by atoms with E-state index in [1.807, 2.05) is 6.08 Å². The number of hydrogen-bond acceptors (Lipinski definition) is 4. The molecule has 0 saturated heterocycles. The molecule has 0 aromatic carbocycles. The highest BCUT2D eigenvalue weighted by Gasteiger charge is 2.30. The molecule has 1 heterocycles. The topological polar surface area (TPSA) is 55.0 Å². The number of rotatable bonds is 4. The SMILES string of the molecule is C=CCN(c1ncnc(N)c1Cl)C1CC1. The Hall–Kier alpha value is -1.29. The van der Waals surface area contributed by atoms with E-state index in [1.165, 1.54) is 19.2 Å². The first-order chi connectivity index (χ1) is 7.24. The van der Waals surface area contributed by atoms with Crippen LogP contribution >= 0.6 is 11.6 Å². The van der Waals surface area contributed by atoms with Crippen LogP contribution in [-0.4, -0.2) is 22.6 Å². The zero-order valence-corrected chi connectivity index (χ0v) is 9.11. The van der Waals surface area contributed by atoms with Gasteiger partial charge in [0.2, 0.25) is 0 Å². The summed E-state index contributed by atoms with van der Waals surface area (Å²) in [5.41, 5.74) is 5.64. The summed E-state index contributed by atoms with van der Waals surface area (Å²) < 4.78 is 0. The summed E-state index contributed by atoms with van der Waals surface area (Å²) in [6.07, 6.45) is 5.63. The lowest BCUT2D eigenvalue weighted by atomic mass is 10.4. The van der Waals surface area contributed by atoms with E-state index in [0.29, 0.717) is 22.7 Å². The first-order valence-electron chi connectivity index (χ1n) is 4.87. The largest absolute Gasteiger partial charge is 0.382 e. The van der Waals surface area contributed by atoms with Crippen LogP contribution in [0.25, 0.3) is 0 Å². The van der Waals surface area contributed by atoms with Gasteiger partial charge in [-0.3, -0.25) is 0 Å². The Bertz CT molecular complexity index is 376. The van der Waals surface area contributed by atoms with Gasteiger partial charge in [-0.25, -0.2) is 9.97 Å². The molecular formula is C10H13ClN4. The summed E-state index contributed by atoms with van der Waals surface area (Å²) in [4.78, 5) is 10.1. The molecule has 2 rings (SSSR count). The summed E-state index contributed by atoms with van der Waals surface area (Å²) >= 11 is 6.07. The van der Waals surface area contributed by atoms with Gasteiger partial charge in [0.05, 0.1) is 0 Å². The molecule has 1 aromatic rings. The van der Waals surface area contributed by atoms with E-state index in [9.17, 15) is 0 Å². The Morgan fingerprint density at radius 3 is 2.93 bits per heavy atom. The minimum Gasteiger partial charge on any atom is -0.382 e. The minimum absolute atomic E-state index is 0.330. The van der Waals surface area contributed by atoms with Crippen LogP contribution in [0.1, 0.15) is 12.8 Å². The molecule has 0 aliphatic heterocycles. The third-order valence-electron chi connectivity index (χ3n) is 2.38. The lowest BCUT2D eigenvalue weighted by Crippen LogP contribution is -2.27. The van der Waals surface area contributed by atoms with Crippen LogP contribution < -0.4 is 10.6 Å². The van der Waals surface area contributed by atoms with Crippen molar-refractivity contribution in [2.75, 3.05) is 17.2 Å². The molecule has 0 unspecified atom stereocenters. The monoisotopic (exact) mass is 224 g/mol. The Kier molecular flexibility index (Phi) is 2.77. The van der Waals surface area contributed by atoms with Crippen LogP contribution in [0.15, 0.2) is 19.0 Å². The number of nitrogen functional groups attached to an aromatic ring is 1. The van der Waals surface area contributed by atoms with Crippen molar-refractivity contribution in [2.24, 2.45) is 0 Å². The Morgan fingerprint density at radius 1 is 1.60 bits per heavy atom. The predicted octanol–water partition coefficient (Wildman–Crippen LogP) is 1.87. The van der Waals surface area contributed by atoms with Gasteiger partial charge < -0.3 is 10.6 Å². The maximum absolute atomic E-state index is 6.07. The lowest BCUT2D eigenvalue weighted by Gasteiger charge is -2.22. The van der Waals surface area contributed by atoms with Crippen molar-refractivity contribution in [1.29, 1.82) is 0 Å². The maximum Gasteiger partial charge on any atom is 0.153 e. The second kappa shape index (κ2) is 4.06. The van der Waals surface area contributed by atoms with Crippen LogP contribution in [-0.2, 0) is 0 Å². The first kappa shape index (κ1) is 10.2. The number of aromatic nitrogens is 2. The van der Waals surface area contributed by atoms with Gasteiger partial charge in [-0.1, -0.05) is 17.7 Å². The molecule has 0 radical (unpaired) electrons. The van der Waals surface area contributed by atoms with Crippen LogP contribution in [0, 0.1) is 0 Å². The van der Waals surface area contributed by atoms with E-state index in [-0.39, 0.29) is 0 Å². The number of hydrogen-bond donors (Lipinski definition) is 1. The van der Waals surface area contributed by atoms with Crippen molar-refractivity contribution in [3.05, 3.63) is 24.0 Å².